The first-order valence-corrected chi connectivity index (χ1v) is 10.8. The van der Waals surface area contributed by atoms with E-state index in [4.69, 9.17) is 4.74 Å². The molecule has 0 unspecified atom stereocenters. The van der Waals surface area contributed by atoms with Crippen LogP contribution >= 0.6 is 11.8 Å². The van der Waals surface area contributed by atoms with Crippen LogP contribution in [0.4, 0.5) is 0 Å². The van der Waals surface area contributed by atoms with E-state index in [0.717, 1.165) is 22.9 Å². The summed E-state index contributed by atoms with van der Waals surface area (Å²) in [7, 11) is 0. The fourth-order valence-corrected chi connectivity index (χ4v) is 3.75. The van der Waals surface area contributed by atoms with Crippen LogP contribution in [0.25, 0.3) is 0 Å². The molecule has 2 aromatic rings. The van der Waals surface area contributed by atoms with E-state index in [1.165, 1.54) is 6.92 Å². The van der Waals surface area contributed by atoms with Gasteiger partial charge in [-0.2, -0.15) is 0 Å². The van der Waals surface area contributed by atoms with Crippen LogP contribution in [0.15, 0.2) is 60.7 Å². The van der Waals surface area contributed by atoms with Crippen LogP contribution in [0.3, 0.4) is 0 Å². The molecule has 160 valence electrons. The number of carbonyl (C=O) groups excluding carboxylic acids is 3. The number of hydrogen-bond acceptors (Lipinski definition) is 5. The second-order valence-electron chi connectivity index (χ2n) is 8.07. The van der Waals surface area contributed by atoms with Crippen molar-refractivity contribution in [3.63, 3.8) is 0 Å². The number of amides is 1. The van der Waals surface area contributed by atoms with Crippen LogP contribution in [-0.4, -0.2) is 33.9 Å². The summed E-state index contributed by atoms with van der Waals surface area (Å²) >= 11 is 0.973. The zero-order valence-corrected chi connectivity index (χ0v) is 18.7. The van der Waals surface area contributed by atoms with Gasteiger partial charge in [0.1, 0.15) is 11.6 Å². The highest BCUT2D eigenvalue weighted by atomic mass is 32.2. The number of carbonyl (C=O) groups is 3. The zero-order valence-electron chi connectivity index (χ0n) is 17.9. The van der Waals surface area contributed by atoms with E-state index in [1.807, 2.05) is 60.7 Å². The number of nitrogens with one attached hydrogen (secondary N) is 1. The van der Waals surface area contributed by atoms with Crippen molar-refractivity contribution in [2.24, 2.45) is 0 Å². The number of benzene rings is 2. The first-order chi connectivity index (χ1) is 14.1. The first kappa shape index (κ1) is 23.7. The monoisotopic (exact) mass is 427 g/mol. The Bertz CT molecular complexity index is 847. The Kier molecular flexibility index (Phi) is 8.66. The molecule has 2 atom stereocenters. The van der Waals surface area contributed by atoms with E-state index in [2.05, 4.69) is 5.32 Å². The van der Waals surface area contributed by atoms with Crippen molar-refractivity contribution >= 4 is 28.8 Å². The van der Waals surface area contributed by atoms with Crippen LogP contribution < -0.4 is 5.32 Å². The second-order valence-corrected chi connectivity index (χ2v) is 9.45. The van der Waals surface area contributed by atoms with Gasteiger partial charge in [0.15, 0.2) is 5.12 Å². The molecule has 0 fully saturated rings. The highest BCUT2D eigenvalue weighted by Gasteiger charge is 2.30. The van der Waals surface area contributed by atoms with Crippen LogP contribution in [0.5, 0.6) is 0 Å². The van der Waals surface area contributed by atoms with Crippen molar-refractivity contribution in [1.82, 2.24) is 5.32 Å². The molecule has 0 spiro atoms. The summed E-state index contributed by atoms with van der Waals surface area (Å²) in [5.74, 6) is -0.850. The first-order valence-electron chi connectivity index (χ1n) is 9.92. The van der Waals surface area contributed by atoms with Crippen molar-refractivity contribution in [2.75, 3.05) is 0 Å². The SMILES string of the molecule is CC(=O)S[C@@H](Cc1ccccc1)C(=O)N[C@@H](Cc1ccccc1)C(=O)OC(C)(C)C. The third-order valence-corrected chi connectivity index (χ3v) is 5.15. The van der Waals surface area contributed by atoms with Gasteiger partial charge >= 0.3 is 5.97 Å². The van der Waals surface area contributed by atoms with Crippen LogP contribution in [-0.2, 0) is 32.0 Å². The molecule has 6 heteroatoms. The molecule has 0 saturated heterocycles. The minimum absolute atomic E-state index is 0.150. The summed E-state index contributed by atoms with van der Waals surface area (Å²) in [5.41, 5.74) is 1.18. The summed E-state index contributed by atoms with van der Waals surface area (Å²) in [6, 6.07) is 18.1. The zero-order chi connectivity index (χ0) is 22.1. The van der Waals surface area contributed by atoms with Gasteiger partial charge in [-0.15, -0.1) is 0 Å². The molecule has 2 aromatic carbocycles. The van der Waals surface area contributed by atoms with Gasteiger partial charge in [0.25, 0.3) is 0 Å². The maximum Gasteiger partial charge on any atom is 0.329 e. The molecule has 0 heterocycles. The van der Waals surface area contributed by atoms with Gasteiger partial charge < -0.3 is 10.1 Å². The van der Waals surface area contributed by atoms with Gasteiger partial charge in [0.2, 0.25) is 5.91 Å². The average molecular weight is 428 g/mol. The van der Waals surface area contributed by atoms with Crippen molar-refractivity contribution in [1.29, 1.82) is 0 Å². The van der Waals surface area contributed by atoms with Crippen LogP contribution in [0, 0.1) is 0 Å². The summed E-state index contributed by atoms with van der Waals surface area (Å²) in [4.78, 5) is 37.6. The van der Waals surface area contributed by atoms with E-state index in [-0.39, 0.29) is 11.0 Å². The smallest absolute Gasteiger partial charge is 0.329 e. The number of thioether (sulfide) groups is 1. The Morgan fingerprint density at radius 1 is 0.900 bits per heavy atom. The predicted molar refractivity (Wildman–Crippen MR) is 120 cm³/mol. The van der Waals surface area contributed by atoms with Gasteiger partial charge in [0, 0.05) is 13.3 Å². The topological polar surface area (TPSA) is 72.5 Å². The van der Waals surface area contributed by atoms with Gasteiger partial charge in [-0.05, 0) is 38.3 Å². The lowest BCUT2D eigenvalue weighted by Crippen LogP contribution is -2.48. The molecule has 0 saturated carbocycles. The van der Waals surface area contributed by atoms with Crippen LogP contribution in [0.2, 0.25) is 0 Å². The number of esters is 1. The van der Waals surface area contributed by atoms with Crippen molar-refractivity contribution in [3.8, 4) is 0 Å². The van der Waals surface area contributed by atoms with Crippen molar-refractivity contribution < 1.29 is 19.1 Å². The lowest BCUT2D eigenvalue weighted by atomic mass is 10.0. The highest BCUT2D eigenvalue weighted by Crippen LogP contribution is 2.19. The standard InChI is InChI=1S/C24H29NO4S/c1-17(26)30-21(16-19-13-9-6-10-14-19)22(27)25-20(23(28)29-24(2,3)4)15-18-11-7-5-8-12-18/h5-14,20-21H,15-16H2,1-4H3,(H,25,27)/t20-,21-/m0/s1. The van der Waals surface area contributed by atoms with E-state index in [0.29, 0.717) is 12.8 Å². The fourth-order valence-electron chi connectivity index (χ4n) is 2.90. The van der Waals surface area contributed by atoms with E-state index < -0.39 is 22.9 Å². The summed E-state index contributed by atoms with van der Waals surface area (Å²) in [5, 5.41) is 2.04. The summed E-state index contributed by atoms with van der Waals surface area (Å²) in [6.07, 6.45) is 0.702. The van der Waals surface area contributed by atoms with Gasteiger partial charge in [0.05, 0.1) is 5.25 Å². The quantitative estimate of drug-likeness (QED) is 0.646. The Labute approximate surface area is 182 Å². The van der Waals surface area contributed by atoms with Crippen molar-refractivity contribution in [2.45, 2.75) is 57.4 Å². The molecule has 1 N–H and O–H groups in total. The molecule has 0 aliphatic rings. The van der Waals surface area contributed by atoms with Crippen LogP contribution in [0.1, 0.15) is 38.8 Å². The molecule has 0 radical (unpaired) electrons. The molecule has 0 aromatic heterocycles. The Balaban J connectivity index is 2.19. The number of rotatable bonds is 8. The normalized spacial score (nSPS) is 13.2. The minimum Gasteiger partial charge on any atom is -0.458 e. The lowest BCUT2D eigenvalue weighted by Gasteiger charge is -2.26. The number of ether oxygens (including phenoxy) is 1. The van der Waals surface area contributed by atoms with E-state index >= 15 is 0 Å². The summed E-state index contributed by atoms with van der Waals surface area (Å²) < 4.78 is 5.52. The molecule has 1 amide bonds. The third-order valence-electron chi connectivity index (χ3n) is 4.16. The van der Waals surface area contributed by atoms with Gasteiger partial charge in [-0.3, -0.25) is 9.59 Å². The average Bonchev–Trinajstić information content (AvgIpc) is 2.67. The van der Waals surface area contributed by atoms with Gasteiger partial charge in [-0.25, -0.2) is 4.79 Å². The van der Waals surface area contributed by atoms with Crippen molar-refractivity contribution in [3.05, 3.63) is 71.8 Å². The number of hydrogen-bond donors (Lipinski definition) is 1. The molecular formula is C24H29NO4S. The predicted octanol–water partition coefficient (Wildman–Crippen LogP) is 3.95. The molecule has 0 aliphatic carbocycles. The maximum absolute atomic E-state index is 13.1. The molecule has 30 heavy (non-hydrogen) atoms. The molecular weight excluding hydrogens is 398 g/mol. The van der Waals surface area contributed by atoms with E-state index in [1.54, 1.807) is 20.8 Å². The third kappa shape index (κ3) is 8.41. The molecule has 5 nitrogen and oxygen atoms in total. The Morgan fingerprint density at radius 2 is 1.40 bits per heavy atom. The molecule has 0 bridgehead atoms. The largest absolute Gasteiger partial charge is 0.458 e. The highest BCUT2D eigenvalue weighted by molar-refractivity contribution is 8.14. The summed E-state index contributed by atoms with van der Waals surface area (Å²) in [6.45, 7) is 6.80. The fraction of sp³-hybridized carbons (Fsp3) is 0.375. The Morgan fingerprint density at radius 3 is 1.87 bits per heavy atom. The molecule has 2 rings (SSSR count). The Hall–Kier alpha value is -2.60. The lowest BCUT2D eigenvalue weighted by molar-refractivity contribution is -0.158. The minimum atomic E-state index is -0.843. The molecule has 0 aliphatic heterocycles. The second kappa shape index (κ2) is 11.0. The van der Waals surface area contributed by atoms with Gasteiger partial charge in [-0.1, -0.05) is 72.4 Å². The maximum atomic E-state index is 13.1. The van der Waals surface area contributed by atoms with E-state index in [9.17, 15) is 14.4 Å².